The first-order valence-electron chi connectivity index (χ1n) is 10.3. The molecule has 1 atom stereocenters. The van der Waals surface area contributed by atoms with Gasteiger partial charge >= 0.3 is 6.03 Å². The normalized spacial score (nSPS) is 15.6. The number of urea groups is 1. The van der Waals surface area contributed by atoms with E-state index in [2.05, 4.69) is 5.32 Å². The minimum absolute atomic E-state index is 0.148. The van der Waals surface area contributed by atoms with Crippen molar-refractivity contribution in [3.8, 4) is 5.75 Å². The van der Waals surface area contributed by atoms with Crippen molar-refractivity contribution in [1.82, 2.24) is 4.90 Å². The number of amides is 4. The largest absolute Gasteiger partial charge is 0.497 e. The fourth-order valence-electron chi connectivity index (χ4n) is 3.72. The van der Waals surface area contributed by atoms with Crippen molar-refractivity contribution >= 4 is 40.8 Å². The number of anilines is 2. The molecule has 8 heteroatoms. The molecule has 0 bridgehead atoms. The Balaban J connectivity index is 1.62. The average Bonchev–Trinajstić information content (AvgIpc) is 3.04. The van der Waals surface area contributed by atoms with Crippen molar-refractivity contribution in [2.45, 2.75) is 19.0 Å². The van der Waals surface area contributed by atoms with Gasteiger partial charge in [0.05, 0.1) is 19.2 Å². The lowest BCUT2D eigenvalue weighted by atomic mass is 10.1. The van der Waals surface area contributed by atoms with Crippen molar-refractivity contribution in [2.75, 3.05) is 17.3 Å². The van der Waals surface area contributed by atoms with Crippen LogP contribution in [-0.4, -0.2) is 35.9 Å². The van der Waals surface area contributed by atoms with E-state index in [-0.39, 0.29) is 18.9 Å². The van der Waals surface area contributed by atoms with Crippen LogP contribution >= 0.6 is 11.6 Å². The molecule has 1 N–H and O–H groups in total. The molecular weight excluding hydrogens is 442 g/mol. The molecule has 33 heavy (non-hydrogen) atoms. The third-order valence-corrected chi connectivity index (χ3v) is 5.58. The highest BCUT2D eigenvalue weighted by molar-refractivity contribution is 6.30. The lowest BCUT2D eigenvalue weighted by Gasteiger charge is -2.22. The van der Waals surface area contributed by atoms with Gasteiger partial charge in [0.15, 0.2) is 0 Å². The van der Waals surface area contributed by atoms with Gasteiger partial charge in [0.2, 0.25) is 5.91 Å². The molecule has 4 rings (SSSR count). The molecule has 0 saturated carbocycles. The molecule has 1 heterocycles. The molecule has 1 unspecified atom stereocenters. The Hall–Kier alpha value is -3.84. The minimum Gasteiger partial charge on any atom is -0.497 e. The zero-order chi connectivity index (χ0) is 23.4. The number of halogens is 1. The first-order chi connectivity index (χ1) is 16.0. The van der Waals surface area contributed by atoms with Gasteiger partial charge in [0.25, 0.3) is 5.91 Å². The Morgan fingerprint density at radius 3 is 2.42 bits per heavy atom. The predicted octanol–water partition coefficient (Wildman–Crippen LogP) is 4.71. The smallest absolute Gasteiger partial charge is 0.332 e. The van der Waals surface area contributed by atoms with E-state index in [1.165, 1.54) is 4.90 Å². The molecule has 168 valence electrons. The fraction of sp³-hybridized carbons (Fsp3) is 0.160. The number of nitrogens with zero attached hydrogens (tertiary/aromatic N) is 2. The van der Waals surface area contributed by atoms with Gasteiger partial charge in [-0.2, -0.15) is 0 Å². The van der Waals surface area contributed by atoms with Crippen LogP contribution in [0.2, 0.25) is 5.02 Å². The average molecular weight is 464 g/mol. The molecule has 3 aromatic rings. The maximum absolute atomic E-state index is 13.3. The Kier molecular flexibility index (Phi) is 6.60. The molecule has 1 fully saturated rings. The number of nitrogens with one attached hydrogen (secondary N) is 1. The number of benzene rings is 3. The molecule has 1 aliphatic heterocycles. The standard InChI is InChI=1S/C25H22ClN3O4/c1-33-21-9-5-6-17(14-21)16-28-22(15-23(30)27-19-7-3-2-4-8-19)24(31)29(25(28)32)20-12-10-18(26)11-13-20/h2-14,22H,15-16H2,1H3,(H,27,30). The van der Waals surface area contributed by atoms with Crippen LogP contribution in [0.1, 0.15) is 12.0 Å². The summed E-state index contributed by atoms with van der Waals surface area (Å²) >= 11 is 5.97. The summed E-state index contributed by atoms with van der Waals surface area (Å²) in [6, 6.07) is 21.2. The van der Waals surface area contributed by atoms with Crippen LogP contribution in [0, 0.1) is 0 Å². The summed E-state index contributed by atoms with van der Waals surface area (Å²) in [5.41, 5.74) is 1.80. The maximum Gasteiger partial charge on any atom is 0.332 e. The van der Waals surface area contributed by atoms with E-state index in [0.29, 0.717) is 22.1 Å². The predicted molar refractivity (Wildman–Crippen MR) is 126 cm³/mol. The van der Waals surface area contributed by atoms with Crippen LogP contribution in [0.5, 0.6) is 5.75 Å². The number of hydrogen-bond acceptors (Lipinski definition) is 4. The molecule has 0 aromatic heterocycles. The zero-order valence-corrected chi connectivity index (χ0v) is 18.7. The van der Waals surface area contributed by atoms with Crippen LogP contribution in [0.3, 0.4) is 0 Å². The van der Waals surface area contributed by atoms with E-state index < -0.39 is 18.0 Å². The van der Waals surface area contributed by atoms with E-state index in [1.807, 2.05) is 18.2 Å². The molecule has 1 aliphatic rings. The van der Waals surface area contributed by atoms with Gasteiger partial charge in [-0.1, -0.05) is 41.9 Å². The molecule has 0 radical (unpaired) electrons. The van der Waals surface area contributed by atoms with E-state index in [1.54, 1.807) is 67.8 Å². The number of imide groups is 1. The molecule has 7 nitrogen and oxygen atoms in total. The van der Waals surface area contributed by atoms with Crippen molar-refractivity contribution < 1.29 is 19.1 Å². The number of carbonyl (C=O) groups is 3. The lowest BCUT2D eigenvalue weighted by Crippen LogP contribution is -2.37. The van der Waals surface area contributed by atoms with Gasteiger partial charge in [0, 0.05) is 17.3 Å². The van der Waals surface area contributed by atoms with Crippen LogP contribution < -0.4 is 15.0 Å². The number of hydrogen-bond donors (Lipinski definition) is 1. The second kappa shape index (κ2) is 9.75. The third-order valence-electron chi connectivity index (χ3n) is 5.33. The van der Waals surface area contributed by atoms with E-state index >= 15 is 0 Å². The molecule has 0 spiro atoms. The van der Waals surface area contributed by atoms with Gasteiger partial charge in [-0.25, -0.2) is 9.69 Å². The first-order valence-corrected chi connectivity index (χ1v) is 10.7. The van der Waals surface area contributed by atoms with E-state index in [9.17, 15) is 14.4 Å². The lowest BCUT2D eigenvalue weighted by molar-refractivity contribution is -0.124. The van der Waals surface area contributed by atoms with Crippen molar-refractivity contribution in [2.24, 2.45) is 0 Å². The van der Waals surface area contributed by atoms with Crippen molar-refractivity contribution in [3.05, 3.63) is 89.4 Å². The summed E-state index contributed by atoms with van der Waals surface area (Å²) in [5.74, 6) is -0.187. The van der Waals surface area contributed by atoms with E-state index in [4.69, 9.17) is 16.3 Å². The number of rotatable bonds is 7. The topological polar surface area (TPSA) is 79.0 Å². The van der Waals surface area contributed by atoms with Gasteiger partial charge in [-0.05, 0) is 54.1 Å². The highest BCUT2D eigenvalue weighted by Gasteiger charge is 2.46. The second-order valence-electron chi connectivity index (χ2n) is 7.55. The Morgan fingerprint density at radius 2 is 1.73 bits per heavy atom. The maximum atomic E-state index is 13.3. The number of para-hydroxylation sites is 1. The fourth-order valence-corrected chi connectivity index (χ4v) is 3.84. The third kappa shape index (κ3) is 4.99. The summed E-state index contributed by atoms with van der Waals surface area (Å²) in [5, 5.41) is 3.27. The number of ether oxygens (including phenoxy) is 1. The van der Waals surface area contributed by atoms with Crippen LogP contribution in [0.4, 0.5) is 16.2 Å². The van der Waals surface area contributed by atoms with Gasteiger partial charge in [-0.3, -0.25) is 9.59 Å². The quantitative estimate of drug-likeness (QED) is 0.514. The molecular formula is C25H22ClN3O4. The monoisotopic (exact) mass is 463 g/mol. The Bertz CT molecular complexity index is 1170. The van der Waals surface area contributed by atoms with Crippen molar-refractivity contribution in [3.63, 3.8) is 0 Å². The van der Waals surface area contributed by atoms with Crippen LogP contribution in [-0.2, 0) is 16.1 Å². The highest BCUT2D eigenvalue weighted by Crippen LogP contribution is 2.30. The van der Waals surface area contributed by atoms with Crippen molar-refractivity contribution in [1.29, 1.82) is 0 Å². The first kappa shape index (κ1) is 22.4. The zero-order valence-electron chi connectivity index (χ0n) is 17.9. The number of methoxy groups -OCH3 is 1. The second-order valence-corrected chi connectivity index (χ2v) is 7.98. The minimum atomic E-state index is -0.955. The van der Waals surface area contributed by atoms with Crippen LogP contribution in [0.15, 0.2) is 78.9 Å². The Morgan fingerprint density at radius 1 is 1.00 bits per heavy atom. The summed E-state index contributed by atoms with van der Waals surface area (Å²) < 4.78 is 5.27. The summed E-state index contributed by atoms with van der Waals surface area (Å²) in [4.78, 5) is 41.9. The van der Waals surface area contributed by atoms with Gasteiger partial charge < -0.3 is 15.0 Å². The van der Waals surface area contributed by atoms with Gasteiger partial charge in [-0.15, -0.1) is 0 Å². The number of carbonyl (C=O) groups excluding carboxylic acids is 3. The van der Waals surface area contributed by atoms with Gasteiger partial charge in [0.1, 0.15) is 11.8 Å². The molecule has 4 amide bonds. The van der Waals surface area contributed by atoms with Crippen LogP contribution in [0.25, 0.3) is 0 Å². The molecule has 3 aromatic carbocycles. The summed E-state index contributed by atoms with van der Waals surface area (Å²) in [7, 11) is 1.56. The summed E-state index contributed by atoms with van der Waals surface area (Å²) in [6.45, 7) is 0.148. The summed E-state index contributed by atoms with van der Waals surface area (Å²) in [6.07, 6.45) is -0.173. The Labute approximate surface area is 196 Å². The highest BCUT2D eigenvalue weighted by atomic mass is 35.5. The van der Waals surface area contributed by atoms with E-state index in [0.717, 1.165) is 10.5 Å². The SMILES string of the molecule is COc1cccc(CN2C(=O)N(c3ccc(Cl)cc3)C(=O)C2CC(=O)Nc2ccccc2)c1. The molecule has 1 saturated heterocycles. The molecule has 0 aliphatic carbocycles.